The fraction of sp³-hybridized carbons (Fsp3) is 0.500. The Morgan fingerprint density at radius 3 is 2.38 bits per heavy atom. The molecule has 0 bridgehead atoms. The van der Waals surface area contributed by atoms with E-state index in [1.165, 1.54) is 14.2 Å². The summed E-state index contributed by atoms with van der Waals surface area (Å²) in [5, 5.41) is 10.2. The molecule has 11 heteroatoms. The van der Waals surface area contributed by atoms with Gasteiger partial charge in [0.15, 0.2) is 11.5 Å². The minimum Gasteiger partial charge on any atom is -0.493 e. The number of carbonyl (C=O) groups excluding carboxylic acids is 1. The normalized spacial score (nSPS) is 13.0. The van der Waals surface area contributed by atoms with Gasteiger partial charge in [0.05, 0.1) is 14.2 Å². The highest BCUT2D eigenvalue weighted by Gasteiger charge is 2.27. The Bertz CT molecular complexity index is 967. The van der Waals surface area contributed by atoms with Gasteiger partial charge in [0.1, 0.15) is 0 Å². The van der Waals surface area contributed by atoms with Gasteiger partial charge in [0.2, 0.25) is 15.4 Å². The molecule has 0 aliphatic carbocycles. The lowest BCUT2D eigenvalue weighted by atomic mass is 9.96. The Labute approximate surface area is 174 Å². The molecule has 1 aromatic carbocycles. The van der Waals surface area contributed by atoms with E-state index in [1.54, 1.807) is 39.0 Å². The fourth-order valence-corrected chi connectivity index (χ4v) is 4.57. The highest BCUT2D eigenvalue weighted by Crippen LogP contribution is 2.32. The Balaban J connectivity index is 2.22. The second-order valence-electron chi connectivity index (χ2n) is 7.27. The second kappa shape index (κ2) is 9.06. The summed E-state index contributed by atoms with van der Waals surface area (Å²) in [6.07, 6.45) is 0.501. The Kier molecular flexibility index (Phi) is 7.20. The third-order valence-electron chi connectivity index (χ3n) is 4.05. The lowest BCUT2D eigenvalue weighted by Crippen LogP contribution is -2.28. The zero-order valence-electron chi connectivity index (χ0n) is 17.3. The molecule has 9 nitrogen and oxygen atoms in total. The van der Waals surface area contributed by atoms with Crippen LogP contribution in [0.4, 0.5) is 5.13 Å². The van der Waals surface area contributed by atoms with Crippen molar-refractivity contribution in [3.05, 3.63) is 23.8 Å². The van der Waals surface area contributed by atoms with Gasteiger partial charge >= 0.3 is 0 Å². The van der Waals surface area contributed by atoms with Gasteiger partial charge in [-0.3, -0.25) is 4.79 Å². The SMILES string of the molecule is CC[C@H](NS(=O)(=O)c1nnc(NC(=O)C(C)(C)C)s1)c1ccc(OC)c(OC)c1. The van der Waals surface area contributed by atoms with Crippen molar-refractivity contribution >= 4 is 32.4 Å². The molecular formula is C18H26N4O5S2. The van der Waals surface area contributed by atoms with Crippen LogP contribution in [0.2, 0.25) is 0 Å². The van der Waals surface area contributed by atoms with Crippen molar-refractivity contribution in [2.24, 2.45) is 5.41 Å². The van der Waals surface area contributed by atoms with Crippen LogP contribution in [-0.2, 0) is 14.8 Å². The van der Waals surface area contributed by atoms with Gasteiger partial charge in [-0.2, -0.15) is 0 Å². The number of aromatic nitrogens is 2. The number of methoxy groups -OCH3 is 2. The first kappa shape index (κ1) is 23.0. The molecule has 0 aliphatic heterocycles. The van der Waals surface area contributed by atoms with Gasteiger partial charge in [0, 0.05) is 11.5 Å². The van der Waals surface area contributed by atoms with Gasteiger partial charge in [-0.1, -0.05) is 45.1 Å². The van der Waals surface area contributed by atoms with E-state index in [0.717, 1.165) is 16.9 Å². The molecule has 2 aromatic rings. The van der Waals surface area contributed by atoms with Crippen molar-refractivity contribution in [1.82, 2.24) is 14.9 Å². The fourth-order valence-electron chi connectivity index (χ4n) is 2.35. The molecule has 2 rings (SSSR count). The van der Waals surface area contributed by atoms with Gasteiger partial charge in [-0.25, -0.2) is 13.1 Å². The smallest absolute Gasteiger partial charge is 0.270 e. The number of hydrogen-bond donors (Lipinski definition) is 2. The Morgan fingerprint density at radius 1 is 1.17 bits per heavy atom. The second-order valence-corrected chi connectivity index (χ2v) is 10.1. The van der Waals surface area contributed by atoms with E-state index in [4.69, 9.17) is 9.47 Å². The van der Waals surface area contributed by atoms with E-state index in [0.29, 0.717) is 17.9 Å². The minimum atomic E-state index is -3.93. The quantitative estimate of drug-likeness (QED) is 0.603. The Morgan fingerprint density at radius 2 is 1.83 bits per heavy atom. The minimum absolute atomic E-state index is 0.129. The number of nitrogens with one attached hydrogen (secondary N) is 2. The maximum absolute atomic E-state index is 12.8. The maximum atomic E-state index is 12.8. The zero-order chi connectivity index (χ0) is 21.8. The lowest BCUT2D eigenvalue weighted by molar-refractivity contribution is -0.123. The molecule has 1 atom stereocenters. The molecule has 1 aromatic heterocycles. The molecule has 0 saturated heterocycles. The molecular weight excluding hydrogens is 416 g/mol. The highest BCUT2D eigenvalue weighted by molar-refractivity contribution is 7.91. The van der Waals surface area contributed by atoms with Crippen LogP contribution in [0.25, 0.3) is 0 Å². The maximum Gasteiger partial charge on any atom is 0.270 e. The van der Waals surface area contributed by atoms with E-state index in [-0.39, 0.29) is 15.4 Å². The number of sulfonamides is 1. The van der Waals surface area contributed by atoms with E-state index in [9.17, 15) is 13.2 Å². The molecule has 0 aliphatic rings. The van der Waals surface area contributed by atoms with Crippen LogP contribution in [0.15, 0.2) is 22.5 Å². The lowest BCUT2D eigenvalue weighted by Gasteiger charge is -2.18. The summed E-state index contributed by atoms with van der Waals surface area (Å²) in [6.45, 7) is 7.10. The van der Waals surface area contributed by atoms with Gasteiger partial charge in [-0.05, 0) is 24.1 Å². The predicted octanol–water partition coefficient (Wildman–Crippen LogP) is 2.97. The third-order valence-corrected chi connectivity index (χ3v) is 6.73. The molecule has 1 amide bonds. The number of carbonyl (C=O) groups is 1. The summed E-state index contributed by atoms with van der Waals surface area (Å²) in [5.41, 5.74) is 0.0865. The van der Waals surface area contributed by atoms with Crippen LogP contribution in [0, 0.1) is 5.41 Å². The first-order chi connectivity index (χ1) is 13.5. The zero-order valence-corrected chi connectivity index (χ0v) is 18.9. The number of ether oxygens (including phenoxy) is 2. The summed E-state index contributed by atoms with van der Waals surface area (Å²) in [6, 6.07) is 4.71. The third kappa shape index (κ3) is 5.64. The monoisotopic (exact) mass is 442 g/mol. The van der Waals surface area contributed by atoms with E-state index in [2.05, 4.69) is 20.2 Å². The number of amides is 1. The topological polar surface area (TPSA) is 120 Å². The number of nitrogens with zero attached hydrogens (tertiary/aromatic N) is 2. The Hall–Kier alpha value is -2.24. The van der Waals surface area contributed by atoms with Crippen LogP contribution >= 0.6 is 11.3 Å². The van der Waals surface area contributed by atoms with E-state index < -0.39 is 21.5 Å². The molecule has 0 fully saturated rings. The first-order valence-electron chi connectivity index (χ1n) is 8.91. The van der Waals surface area contributed by atoms with Crippen molar-refractivity contribution in [3.8, 4) is 11.5 Å². The van der Waals surface area contributed by atoms with Crippen molar-refractivity contribution < 1.29 is 22.7 Å². The summed E-state index contributed by atoms with van der Waals surface area (Å²) in [4.78, 5) is 12.1. The van der Waals surface area contributed by atoms with Gasteiger partial charge in [-0.15, -0.1) is 10.2 Å². The molecule has 0 unspecified atom stereocenters. The van der Waals surface area contributed by atoms with Crippen molar-refractivity contribution in [1.29, 1.82) is 0 Å². The number of rotatable bonds is 8. The van der Waals surface area contributed by atoms with Gasteiger partial charge < -0.3 is 14.8 Å². The molecule has 0 radical (unpaired) electrons. The van der Waals surface area contributed by atoms with Crippen molar-refractivity contribution in [2.75, 3.05) is 19.5 Å². The summed E-state index contributed by atoms with van der Waals surface area (Å²) >= 11 is 0.796. The number of anilines is 1. The molecule has 0 spiro atoms. The molecule has 2 N–H and O–H groups in total. The van der Waals surface area contributed by atoms with E-state index >= 15 is 0 Å². The van der Waals surface area contributed by atoms with Crippen LogP contribution in [0.3, 0.4) is 0 Å². The molecule has 29 heavy (non-hydrogen) atoms. The van der Waals surface area contributed by atoms with Crippen LogP contribution < -0.4 is 19.5 Å². The van der Waals surface area contributed by atoms with Crippen molar-refractivity contribution in [3.63, 3.8) is 0 Å². The summed E-state index contributed by atoms with van der Waals surface area (Å²) in [5.74, 6) is 0.783. The average molecular weight is 443 g/mol. The highest BCUT2D eigenvalue weighted by atomic mass is 32.2. The summed E-state index contributed by atoms with van der Waals surface area (Å²) in [7, 11) is -0.888. The number of hydrogen-bond acceptors (Lipinski definition) is 8. The van der Waals surface area contributed by atoms with Crippen molar-refractivity contribution in [2.45, 2.75) is 44.5 Å². The van der Waals surface area contributed by atoms with Crippen LogP contribution in [-0.4, -0.2) is 38.7 Å². The molecule has 1 heterocycles. The average Bonchev–Trinajstić information content (AvgIpc) is 3.14. The summed E-state index contributed by atoms with van der Waals surface area (Å²) < 4.78 is 38.5. The first-order valence-corrected chi connectivity index (χ1v) is 11.2. The van der Waals surface area contributed by atoms with Crippen LogP contribution in [0.5, 0.6) is 11.5 Å². The molecule has 160 valence electrons. The number of benzene rings is 1. The largest absolute Gasteiger partial charge is 0.493 e. The molecule has 0 saturated carbocycles. The van der Waals surface area contributed by atoms with Gasteiger partial charge in [0.25, 0.3) is 10.0 Å². The van der Waals surface area contributed by atoms with E-state index in [1.807, 2.05) is 6.92 Å². The predicted molar refractivity (Wildman–Crippen MR) is 111 cm³/mol. The van der Waals surface area contributed by atoms with Crippen LogP contribution in [0.1, 0.15) is 45.7 Å². The standard InChI is InChI=1S/C18H26N4O5S2/c1-7-12(11-8-9-13(26-5)14(10-11)27-6)22-29(24,25)17-21-20-16(28-17)19-15(23)18(2,3)4/h8-10,12,22H,7H2,1-6H3,(H,19,20,23)/t12-/m0/s1.